The second-order valence-corrected chi connectivity index (χ2v) is 8.46. The van der Waals surface area contributed by atoms with Gasteiger partial charge in [0, 0.05) is 17.2 Å². The molecule has 2 aliphatic heterocycles. The molecule has 2 saturated heterocycles. The van der Waals surface area contributed by atoms with Crippen LogP contribution in [0.3, 0.4) is 0 Å². The van der Waals surface area contributed by atoms with Crippen LogP contribution in [0, 0.1) is 0 Å². The summed E-state index contributed by atoms with van der Waals surface area (Å²) in [5.41, 5.74) is 6.32. The Morgan fingerprint density at radius 3 is 2.89 bits per heavy atom. The van der Waals surface area contributed by atoms with Gasteiger partial charge in [-0.1, -0.05) is 5.11 Å². The molecule has 1 unspecified atom stereocenters. The van der Waals surface area contributed by atoms with Crippen molar-refractivity contribution in [3.8, 4) is 0 Å². The zero-order valence-electron chi connectivity index (χ0n) is 14.4. The summed E-state index contributed by atoms with van der Waals surface area (Å²) in [4.78, 5) is 28.5. The van der Waals surface area contributed by atoms with Crippen LogP contribution < -0.4 is 11.2 Å². The van der Waals surface area contributed by atoms with Gasteiger partial charge in [0.25, 0.3) is 5.56 Å². The van der Waals surface area contributed by atoms with Crippen LogP contribution in [-0.2, 0) is 22.9 Å². The highest BCUT2D eigenvalue weighted by molar-refractivity contribution is 7.48. The van der Waals surface area contributed by atoms with Crippen LogP contribution in [0.5, 0.6) is 0 Å². The first-order valence-electron chi connectivity index (χ1n) is 8.49. The fourth-order valence-electron chi connectivity index (χ4n) is 3.40. The first-order valence-corrected chi connectivity index (χ1v) is 9.95. The van der Waals surface area contributed by atoms with Crippen LogP contribution in [0.1, 0.15) is 32.4 Å². The molecule has 0 bridgehead atoms. The monoisotopic (exact) mass is 399 g/mol. The highest BCUT2D eigenvalue weighted by Gasteiger charge is 2.61. The topological polar surface area (TPSA) is 158 Å². The summed E-state index contributed by atoms with van der Waals surface area (Å²) >= 11 is 0. The van der Waals surface area contributed by atoms with Crippen molar-refractivity contribution in [3.05, 3.63) is 43.5 Å². The third-order valence-electron chi connectivity index (χ3n) is 5.05. The maximum absolute atomic E-state index is 12.9. The number of phosphoric ester groups is 1. The number of nitrogens with zero attached hydrogens (tertiary/aromatic N) is 4. The molecule has 1 aromatic heterocycles. The second-order valence-electron chi connectivity index (χ2n) is 6.89. The number of fused-ring (bicyclic) bond motifs is 1. The van der Waals surface area contributed by atoms with Crippen molar-refractivity contribution < 1.29 is 22.9 Å². The number of azide groups is 1. The van der Waals surface area contributed by atoms with Gasteiger partial charge in [0.2, 0.25) is 0 Å². The van der Waals surface area contributed by atoms with Gasteiger partial charge in [0.05, 0.1) is 12.7 Å². The number of phosphoric acid groups is 1. The van der Waals surface area contributed by atoms with Crippen LogP contribution in [0.2, 0.25) is 0 Å². The van der Waals surface area contributed by atoms with E-state index in [0.717, 1.165) is 29.9 Å². The number of aromatic amines is 1. The van der Waals surface area contributed by atoms with Gasteiger partial charge in [-0.15, -0.1) is 0 Å². The minimum Gasteiger partial charge on any atom is -0.349 e. The SMILES string of the molecule is C[C@@]1(N=[N+]=[N-])[C@@H]2OP(=O)(OC3CCC3)OC[C@H]2O[C@@H]1n1ccc(=O)[nH]c1=O. The summed E-state index contributed by atoms with van der Waals surface area (Å²) in [5.74, 6) is 0. The third-order valence-corrected chi connectivity index (χ3v) is 6.56. The van der Waals surface area contributed by atoms with Crippen LogP contribution in [-0.4, -0.2) is 40.0 Å². The Morgan fingerprint density at radius 2 is 2.26 bits per heavy atom. The summed E-state index contributed by atoms with van der Waals surface area (Å²) < 4.78 is 36.2. The normalized spacial score (nSPS) is 38.6. The Bertz CT molecular complexity index is 952. The van der Waals surface area contributed by atoms with E-state index in [1.807, 2.05) is 0 Å². The van der Waals surface area contributed by atoms with E-state index in [4.69, 9.17) is 23.8 Å². The first kappa shape index (κ1) is 18.4. The number of nitrogens with one attached hydrogen (secondary N) is 1. The standard InChI is InChI=1S/C14H18N5O7P/c1-14(17-18-15)11-9(7-23-27(22,26-11)25-8-3-2-4-8)24-12(14)19-6-5-10(20)16-13(19)21/h5-6,8-9,11-12H,2-4,7H2,1H3,(H,16,20,21)/t9-,11-,12+,14-,27?/m1/s1. The summed E-state index contributed by atoms with van der Waals surface area (Å²) in [7, 11) is -3.85. The van der Waals surface area contributed by atoms with E-state index in [9.17, 15) is 14.2 Å². The van der Waals surface area contributed by atoms with E-state index in [2.05, 4.69) is 15.0 Å². The minimum absolute atomic E-state index is 0.111. The predicted octanol–water partition coefficient (Wildman–Crippen LogP) is 1.60. The van der Waals surface area contributed by atoms with Gasteiger partial charge in [0.15, 0.2) is 6.23 Å². The Balaban J connectivity index is 1.68. The van der Waals surface area contributed by atoms with Gasteiger partial charge in [-0.2, -0.15) is 0 Å². The maximum Gasteiger partial charge on any atom is 0.475 e. The van der Waals surface area contributed by atoms with Crippen LogP contribution in [0.15, 0.2) is 27.0 Å². The molecule has 146 valence electrons. The molecule has 1 N–H and O–H groups in total. The summed E-state index contributed by atoms with van der Waals surface area (Å²) in [6.07, 6.45) is 0.764. The molecule has 1 aliphatic carbocycles. The average Bonchev–Trinajstić information content (AvgIpc) is 2.84. The molecule has 13 heteroatoms. The molecule has 0 spiro atoms. The summed E-state index contributed by atoms with van der Waals surface area (Å²) in [6.45, 7) is 1.42. The lowest BCUT2D eigenvalue weighted by Gasteiger charge is -2.37. The number of aromatic nitrogens is 2. The smallest absolute Gasteiger partial charge is 0.349 e. The van der Waals surface area contributed by atoms with Crippen LogP contribution in [0.25, 0.3) is 10.4 Å². The van der Waals surface area contributed by atoms with Crippen molar-refractivity contribution >= 4 is 7.82 Å². The second kappa shape index (κ2) is 6.59. The van der Waals surface area contributed by atoms with Crippen LogP contribution >= 0.6 is 7.82 Å². The Kier molecular flexibility index (Phi) is 4.50. The molecule has 3 aliphatic rings. The fourth-order valence-corrected chi connectivity index (χ4v) is 5.11. The van der Waals surface area contributed by atoms with Gasteiger partial charge in [0.1, 0.15) is 17.7 Å². The maximum atomic E-state index is 12.9. The number of hydrogen-bond donors (Lipinski definition) is 1. The van der Waals surface area contributed by atoms with Crippen molar-refractivity contribution in [1.82, 2.24) is 9.55 Å². The third kappa shape index (κ3) is 3.14. The number of H-pyrrole nitrogens is 1. The van der Waals surface area contributed by atoms with Crippen LogP contribution in [0.4, 0.5) is 0 Å². The first-order chi connectivity index (χ1) is 12.8. The molecule has 12 nitrogen and oxygen atoms in total. The quantitative estimate of drug-likeness (QED) is 0.348. The Labute approximate surface area is 152 Å². The van der Waals surface area contributed by atoms with Gasteiger partial charge in [-0.05, 0) is 31.7 Å². The number of rotatable bonds is 4. The molecule has 4 rings (SSSR count). The molecule has 27 heavy (non-hydrogen) atoms. The highest BCUT2D eigenvalue weighted by Crippen LogP contribution is 2.61. The predicted molar refractivity (Wildman–Crippen MR) is 89.9 cm³/mol. The average molecular weight is 399 g/mol. The zero-order chi connectivity index (χ0) is 19.2. The summed E-state index contributed by atoms with van der Waals surface area (Å²) in [6, 6.07) is 1.14. The Morgan fingerprint density at radius 1 is 1.48 bits per heavy atom. The van der Waals surface area contributed by atoms with Crippen molar-refractivity contribution in [2.24, 2.45) is 5.11 Å². The van der Waals surface area contributed by atoms with Gasteiger partial charge < -0.3 is 4.74 Å². The lowest BCUT2D eigenvalue weighted by atomic mass is 9.93. The van der Waals surface area contributed by atoms with E-state index in [0.29, 0.717) is 0 Å². The van der Waals surface area contributed by atoms with Crippen molar-refractivity contribution in [2.75, 3.05) is 6.61 Å². The number of ether oxygens (including phenoxy) is 1. The van der Waals surface area contributed by atoms with Gasteiger partial charge >= 0.3 is 13.5 Å². The molecule has 3 heterocycles. The molecule has 0 radical (unpaired) electrons. The molecule has 5 atom stereocenters. The van der Waals surface area contributed by atoms with Gasteiger partial charge in [-0.25, -0.2) is 9.36 Å². The molecular formula is C14H18N5O7P. The van der Waals surface area contributed by atoms with Gasteiger partial charge in [-0.3, -0.25) is 27.9 Å². The lowest BCUT2D eigenvalue weighted by molar-refractivity contribution is -0.0800. The molecule has 3 fully saturated rings. The summed E-state index contributed by atoms with van der Waals surface area (Å²) in [5, 5.41) is 3.79. The minimum atomic E-state index is -3.85. The van der Waals surface area contributed by atoms with Crippen molar-refractivity contribution in [3.63, 3.8) is 0 Å². The fraction of sp³-hybridized carbons (Fsp3) is 0.714. The molecule has 0 aromatic carbocycles. The molecule has 1 aromatic rings. The molecular weight excluding hydrogens is 381 g/mol. The van der Waals surface area contributed by atoms with E-state index >= 15 is 0 Å². The van der Waals surface area contributed by atoms with Crippen molar-refractivity contribution in [1.29, 1.82) is 0 Å². The van der Waals surface area contributed by atoms with E-state index in [1.165, 1.54) is 13.1 Å². The number of hydrogen-bond acceptors (Lipinski definition) is 8. The largest absolute Gasteiger partial charge is 0.475 e. The molecule has 0 amide bonds. The highest BCUT2D eigenvalue weighted by atomic mass is 31.2. The zero-order valence-corrected chi connectivity index (χ0v) is 15.3. The van der Waals surface area contributed by atoms with E-state index in [-0.39, 0.29) is 12.7 Å². The Hall–Kier alpha value is -1.94. The lowest BCUT2D eigenvalue weighted by Crippen LogP contribution is -2.48. The molecule has 1 saturated carbocycles. The van der Waals surface area contributed by atoms with Crippen molar-refractivity contribution in [2.45, 2.75) is 56.3 Å². The van der Waals surface area contributed by atoms with E-state index < -0.39 is 43.0 Å². The van der Waals surface area contributed by atoms with E-state index in [1.54, 1.807) is 0 Å².